The van der Waals surface area contributed by atoms with Gasteiger partial charge in [-0.1, -0.05) is 23.7 Å². The van der Waals surface area contributed by atoms with E-state index in [4.69, 9.17) is 21.1 Å². The maximum atomic E-state index is 13.3. The highest BCUT2D eigenvalue weighted by Crippen LogP contribution is 2.36. The zero-order valence-electron chi connectivity index (χ0n) is 17.6. The van der Waals surface area contributed by atoms with Gasteiger partial charge in [-0.2, -0.15) is 0 Å². The van der Waals surface area contributed by atoms with Gasteiger partial charge in [-0.05, 0) is 36.8 Å². The monoisotopic (exact) mass is 469 g/mol. The summed E-state index contributed by atoms with van der Waals surface area (Å²) < 4.78 is 11.8. The number of fused-ring (bicyclic) bond motifs is 1. The van der Waals surface area contributed by atoms with Gasteiger partial charge in [0, 0.05) is 21.5 Å². The van der Waals surface area contributed by atoms with Crippen LogP contribution in [0.4, 0.5) is 5.69 Å². The summed E-state index contributed by atoms with van der Waals surface area (Å²) in [6.45, 7) is 1.76. The Morgan fingerprint density at radius 1 is 1.16 bits per heavy atom. The second kappa shape index (κ2) is 9.02. The summed E-state index contributed by atoms with van der Waals surface area (Å²) >= 11 is 7.46. The van der Waals surface area contributed by atoms with Crippen molar-refractivity contribution in [1.29, 1.82) is 0 Å². The number of ether oxygens (including phenoxy) is 2. The lowest BCUT2D eigenvalue weighted by Gasteiger charge is -2.12. The Balaban J connectivity index is 1.66. The minimum Gasteiger partial charge on any atom is -0.497 e. The van der Waals surface area contributed by atoms with Gasteiger partial charge >= 0.3 is 0 Å². The zero-order valence-corrected chi connectivity index (χ0v) is 19.2. The van der Waals surface area contributed by atoms with E-state index in [1.807, 2.05) is 19.1 Å². The molecule has 2 aromatic carbocycles. The van der Waals surface area contributed by atoms with E-state index in [-0.39, 0.29) is 18.0 Å². The summed E-state index contributed by atoms with van der Waals surface area (Å²) in [5.41, 5.74) is 1.89. The number of thiophene rings is 1. The quantitative estimate of drug-likeness (QED) is 0.441. The van der Waals surface area contributed by atoms with Gasteiger partial charge in [0.15, 0.2) is 0 Å². The molecule has 9 heteroatoms. The van der Waals surface area contributed by atoms with Crippen LogP contribution in [0.3, 0.4) is 0 Å². The van der Waals surface area contributed by atoms with Crippen LogP contribution in [0.25, 0.3) is 21.3 Å². The molecule has 0 aliphatic heterocycles. The first-order valence-corrected chi connectivity index (χ1v) is 10.9. The molecule has 2 heterocycles. The maximum Gasteiger partial charge on any atom is 0.263 e. The predicted molar refractivity (Wildman–Crippen MR) is 127 cm³/mol. The van der Waals surface area contributed by atoms with E-state index in [0.29, 0.717) is 32.4 Å². The van der Waals surface area contributed by atoms with Gasteiger partial charge in [0.2, 0.25) is 5.91 Å². The van der Waals surface area contributed by atoms with E-state index in [2.05, 4.69) is 10.3 Å². The number of nitrogens with zero attached hydrogens (tertiary/aromatic N) is 2. The average Bonchev–Trinajstić information content (AvgIpc) is 3.13. The fourth-order valence-corrected chi connectivity index (χ4v) is 4.59. The van der Waals surface area contributed by atoms with E-state index in [0.717, 1.165) is 16.0 Å². The molecule has 164 valence electrons. The number of carbonyl (C=O) groups excluding carboxylic acids is 1. The van der Waals surface area contributed by atoms with E-state index in [1.54, 1.807) is 37.4 Å². The molecule has 1 amide bonds. The van der Waals surface area contributed by atoms with Crippen LogP contribution in [0.5, 0.6) is 11.5 Å². The molecule has 32 heavy (non-hydrogen) atoms. The van der Waals surface area contributed by atoms with Gasteiger partial charge in [-0.3, -0.25) is 14.2 Å². The molecule has 4 rings (SSSR count). The zero-order chi connectivity index (χ0) is 22.8. The van der Waals surface area contributed by atoms with Crippen LogP contribution < -0.4 is 20.3 Å². The topological polar surface area (TPSA) is 82.5 Å². The van der Waals surface area contributed by atoms with Crippen molar-refractivity contribution in [3.8, 4) is 22.6 Å². The molecular formula is C23H20ClN3O4S. The normalized spacial score (nSPS) is 10.9. The summed E-state index contributed by atoms with van der Waals surface area (Å²) in [4.78, 5) is 32.0. The van der Waals surface area contributed by atoms with Gasteiger partial charge in [0.1, 0.15) is 22.9 Å². The first-order valence-electron chi connectivity index (χ1n) is 9.67. The van der Waals surface area contributed by atoms with Crippen LogP contribution in [0.15, 0.2) is 53.6 Å². The summed E-state index contributed by atoms with van der Waals surface area (Å²) in [6.07, 6.45) is 1.40. The molecule has 0 aliphatic carbocycles. The number of benzene rings is 2. The van der Waals surface area contributed by atoms with E-state index < -0.39 is 0 Å². The summed E-state index contributed by atoms with van der Waals surface area (Å²) in [5, 5.41) is 3.89. The first kappa shape index (κ1) is 21.9. The van der Waals surface area contributed by atoms with Gasteiger partial charge < -0.3 is 14.8 Å². The fourth-order valence-electron chi connectivity index (χ4n) is 3.46. The number of carbonyl (C=O) groups is 1. The van der Waals surface area contributed by atoms with Crippen LogP contribution in [0.1, 0.15) is 4.88 Å². The first-order chi connectivity index (χ1) is 15.4. The number of aryl methyl sites for hydroxylation is 1. The molecule has 0 fully saturated rings. The second-order valence-corrected chi connectivity index (χ2v) is 8.65. The van der Waals surface area contributed by atoms with Crippen molar-refractivity contribution in [2.75, 3.05) is 19.5 Å². The third-order valence-electron chi connectivity index (χ3n) is 4.98. The molecular weight excluding hydrogens is 450 g/mol. The summed E-state index contributed by atoms with van der Waals surface area (Å²) in [5.74, 6) is 0.682. The molecule has 0 radical (unpaired) electrons. The largest absolute Gasteiger partial charge is 0.497 e. The third-order valence-corrected chi connectivity index (χ3v) is 6.25. The molecule has 0 spiro atoms. The molecule has 7 nitrogen and oxygen atoms in total. The number of aromatic nitrogens is 2. The van der Waals surface area contributed by atoms with E-state index >= 15 is 0 Å². The number of anilines is 1. The molecule has 0 saturated carbocycles. The Morgan fingerprint density at radius 2 is 1.91 bits per heavy atom. The molecule has 0 unspecified atom stereocenters. The van der Waals surface area contributed by atoms with Crippen molar-refractivity contribution in [3.05, 3.63) is 69.0 Å². The fraction of sp³-hybridized carbons (Fsp3) is 0.174. The van der Waals surface area contributed by atoms with Crippen LogP contribution in [-0.2, 0) is 11.3 Å². The highest BCUT2D eigenvalue weighted by atomic mass is 35.5. The minimum absolute atomic E-state index is 0.189. The molecule has 0 saturated heterocycles. The Bertz CT molecular complexity index is 1360. The Hall–Kier alpha value is -3.36. The van der Waals surface area contributed by atoms with Crippen molar-refractivity contribution in [2.45, 2.75) is 13.5 Å². The number of halogens is 1. The number of methoxy groups -OCH3 is 2. The van der Waals surface area contributed by atoms with Crippen molar-refractivity contribution < 1.29 is 14.3 Å². The van der Waals surface area contributed by atoms with Crippen molar-refractivity contribution >= 4 is 44.7 Å². The van der Waals surface area contributed by atoms with Crippen LogP contribution in [-0.4, -0.2) is 29.7 Å². The standard InChI is InChI=1S/C23H20ClN3O4S/c1-13-20(14-4-6-15(24)7-5-14)21-22(32-13)25-12-27(23(21)29)11-19(28)26-17-9-8-16(30-2)10-18(17)31-3/h4-10,12H,11H2,1-3H3,(H,26,28). The van der Waals surface area contributed by atoms with Crippen LogP contribution in [0.2, 0.25) is 5.02 Å². The van der Waals surface area contributed by atoms with Crippen LogP contribution in [0, 0.1) is 6.92 Å². The Kier molecular flexibility index (Phi) is 6.16. The molecule has 2 aromatic heterocycles. The molecule has 4 aromatic rings. The highest BCUT2D eigenvalue weighted by Gasteiger charge is 2.18. The Labute approximate surface area is 193 Å². The number of hydrogen-bond donors (Lipinski definition) is 1. The third kappa shape index (κ3) is 4.19. The summed E-state index contributed by atoms with van der Waals surface area (Å²) in [6, 6.07) is 12.4. The van der Waals surface area contributed by atoms with E-state index in [1.165, 1.54) is 29.3 Å². The van der Waals surface area contributed by atoms with E-state index in [9.17, 15) is 9.59 Å². The van der Waals surface area contributed by atoms with Crippen molar-refractivity contribution in [2.24, 2.45) is 0 Å². The number of rotatable bonds is 6. The predicted octanol–water partition coefficient (Wildman–Crippen LogP) is 4.74. The second-order valence-electron chi connectivity index (χ2n) is 7.01. The van der Waals surface area contributed by atoms with Gasteiger partial charge in [-0.15, -0.1) is 11.3 Å². The molecule has 1 N–H and O–H groups in total. The lowest BCUT2D eigenvalue weighted by atomic mass is 10.0. The average molecular weight is 470 g/mol. The van der Waals surface area contributed by atoms with Crippen molar-refractivity contribution in [3.63, 3.8) is 0 Å². The number of nitrogens with one attached hydrogen (secondary N) is 1. The van der Waals surface area contributed by atoms with Gasteiger partial charge in [-0.25, -0.2) is 4.98 Å². The van der Waals surface area contributed by atoms with Gasteiger partial charge in [0.05, 0.1) is 31.6 Å². The minimum atomic E-state index is -0.378. The molecule has 0 aliphatic rings. The molecule has 0 atom stereocenters. The van der Waals surface area contributed by atoms with Crippen molar-refractivity contribution in [1.82, 2.24) is 9.55 Å². The highest BCUT2D eigenvalue weighted by molar-refractivity contribution is 7.19. The Morgan fingerprint density at radius 3 is 2.59 bits per heavy atom. The molecule has 0 bridgehead atoms. The lowest BCUT2D eigenvalue weighted by Crippen LogP contribution is -2.28. The number of hydrogen-bond acceptors (Lipinski definition) is 6. The number of amides is 1. The lowest BCUT2D eigenvalue weighted by molar-refractivity contribution is -0.116. The van der Waals surface area contributed by atoms with Gasteiger partial charge in [0.25, 0.3) is 5.56 Å². The maximum absolute atomic E-state index is 13.3. The SMILES string of the molecule is COc1ccc(NC(=O)Cn2cnc3sc(C)c(-c4ccc(Cl)cc4)c3c2=O)c(OC)c1. The van der Waals surface area contributed by atoms with Crippen LogP contribution >= 0.6 is 22.9 Å². The summed E-state index contributed by atoms with van der Waals surface area (Å²) in [7, 11) is 3.05. The smallest absolute Gasteiger partial charge is 0.263 e.